The number of hydrogen-bond acceptors (Lipinski definition) is 2. The van der Waals surface area contributed by atoms with Crippen LogP contribution in [0.3, 0.4) is 0 Å². The molecule has 0 aliphatic heterocycles. The molecular formula is C11H18N2. The average molecular weight is 178 g/mol. The average Bonchev–Trinajstić information content (AvgIpc) is 2.14. The third-order valence-corrected chi connectivity index (χ3v) is 2.30. The maximum Gasteiger partial charge on any atom is 0.0422 e. The molecule has 1 aromatic heterocycles. The van der Waals surface area contributed by atoms with Gasteiger partial charge in [0.25, 0.3) is 0 Å². The molecule has 0 aliphatic rings. The molecule has 0 radical (unpaired) electrons. The quantitative estimate of drug-likeness (QED) is 0.762. The molecular weight excluding hydrogens is 160 g/mol. The molecule has 0 aromatic carbocycles. The van der Waals surface area contributed by atoms with Crippen molar-refractivity contribution in [2.45, 2.75) is 32.7 Å². The minimum Gasteiger partial charge on any atom is -0.317 e. The lowest BCUT2D eigenvalue weighted by molar-refractivity contribution is 0.537. The third-order valence-electron chi connectivity index (χ3n) is 2.30. The molecule has 2 heteroatoms. The summed E-state index contributed by atoms with van der Waals surface area (Å²) in [4.78, 5) is 4.47. The van der Waals surface area contributed by atoms with Crippen LogP contribution in [0.5, 0.6) is 0 Å². The Kier molecular flexibility index (Phi) is 3.90. The van der Waals surface area contributed by atoms with Gasteiger partial charge in [0.15, 0.2) is 0 Å². The summed E-state index contributed by atoms with van der Waals surface area (Å²) in [5.41, 5.74) is 2.28. The largest absolute Gasteiger partial charge is 0.317 e. The fourth-order valence-corrected chi connectivity index (χ4v) is 1.42. The van der Waals surface area contributed by atoms with Crippen LogP contribution in [0.2, 0.25) is 0 Å². The summed E-state index contributed by atoms with van der Waals surface area (Å²) in [5.74, 6) is 0. The zero-order valence-corrected chi connectivity index (χ0v) is 8.67. The van der Waals surface area contributed by atoms with Crippen LogP contribution in [0, 0.1) is 6.92 Å². The van der Waals surface area contributed by atoms with E-state index in [2.05, 4.69) is 29.4 Å². The molecule has 72 valence electrons. The maximum atomic E-state index is 4.47. The number of pyridine rings is 1. The second-order valence-electron chi connectivity index (χ2n) is 3.37. The Balaban J connectivity index is 2.62. The molecule has 1 aromatic rings. The Bertz CT molecular complexity index is 254. The van der Waals surface area contributed by atoms with Gasteiger partial charge in [0.1, 0.15) is 0 Å². The van der Waals surface area contributed by atoms with E-state index in [4.69, 9.17) is 0 Å². The lowest BCUT2D eigenvalue weighted by Gasteiger charge is -2.12. The van der Waals surface area contributed by atoms with E-state index in [0.29, 0.717) is 6.04 Å². The fraction of sp³-hybridized carbons (Fsp3) is 0.545. The number of aryl methyl sites for hydroxylation is 1. The number of nitrogens with one attached hydrogen (secondary N) is 1. The summed E-state index contributed by atoms with van der Waals surface area (Å²) in [5, 5.41) is 3.28. The fourth-order valence-electron chi connectivity index (χ4n) is 1.42. The number of aromatic nitrogens is 1. The van der Waals surface area contributed by atoms with E-state index in [1.165, 1.54) is 5.69 Å². The summed E-state index contributed by atoms with van der Waals surface area (Å²) in [6.07, 6.45) is 2.17. The van der Waals surface area contributed by atoms with E-state index in [1.807, 2.05) is 20.0 Å². The van der Waals surface area contributed by atoms with E-state index in [9.17, 15) is 0 Å². The second kappa shape index (κ2) is 4.97. The highest BCUT2D eigenvalue weighted by atomic mass is 14.9. The Hall–Kier alpha value is -0.890. The van der Waals surface area contributed by atoms with Crippen molar-refractivity contribution in [1.29, 1.82) is 0 Å². The number of nitrogens with zero attached hydrogens (tertiary/aromatic N) is 1. The minimum absolute atomic E-state index is 0.550. The molecule has 1 rings (SSSR count). The van der Waals surface area contributed by atoms with Crippen LogP contribution in [0.15, 0.2) is 18.2 Å². The summed E-state index contributed by atoms with van der Waals surface area (Å²) in [7, 11) is 2.00. The highest BCUT2D eigenvalue weighted by molar-refractivity contribution is 5.10. The lowest BCUT2D eigenvalue weighted by atomic mass is 10.1. The minimum atomic E-state index is 0.550. The summed E-state index contributed by atoms with van der Waals surface area (Å²) in [6.45, 7) is 4.22. The van der Waals surface area contributed by atoms with Crippen molar-refractivity contribution < 1.29 is 0 Å². The van der Waals surface area contributed by atoms with Gasteiger partial charge in [-0.15, -0.1) is 0 Å². The monoisotopic (exact) mass is 178 g/mol. The number of hydrogen-bond donors (Lipinski definition) is 1. The maximum absolute atomic E-state index is 4.47. The lowest BCUT2D eigenvalue weighted by Crippen LogP contribution is -2.26. The van der Waals surface area contributed by atoms with Crippen LogP contribution < -0.4 is 5.32 Å². The first-order valence-electron chi connectivity index (χ1n) is 4.86. The molecule has 0 amide bonds. The molecule has 0 spiro atoms. The predicted octanol–water partition coefficient (Wildman–Crippen LogP) is 1.93. The second-order valence-corrected chi connectivity index (χ2v) is 3.37. The summed E-state index contributed by atoms with van der Waals surface area (Å²) < 4.78 is 0. The SMILES string of the molecule is CCC(Cc1cccc(C)n1)NC. The van der Waals surface area contributed by atoms with Crippen LogP contribution >= 0.6 is 0 Å². The van der Waals surface area contributed by atoms with Gasteiger partial charge in [-0.2, -0.15) is 0 Å². The topological polar surface area (TPSA) is 24.9 Å². The first-order chi connectivity index (χ1) is 6.26. The van der Waals surface area contributed by atoms with E-state index in [-0.39, 0.29) is 0 Å². The number of rotatable bonds is 4. The van der Waals surface area contributed by atoms with Crippen molar-refractivity contribution in [1.82, 2.24) is 10.3 Å². The molecule has 1 unspecified atom stereocenters. The van der Waals surface area contributed by atoms with Gasteiger partial charge in [0.05, 0.1) is 0 Å². The Morgan fingerprint density at radius 3 is 2.77 bits per heavy atom. The van der Waals surface area contributed by atoms with Crippen LogP contribution in [0.25, 0.3) is 0 Å². The zero-order valence-electron chi connectivity index (χ0n) is 8.67. The molecule has 13 heavy (non-hydrogen) atoms. The predicted molar refractivity (Wildman–Crippen MR) is 55.8 cm³/mol. The molecule has 1 N–H and O–H groups in total. The van der Waals surface area contributed by atoms with Crippen molar-refractivity contribution in [3.63, 3.8) is 0 Å². The van der Waals surface area contributed by atoms with Crippen LogP contribution in [0.4, 0.5) is 0 Å². The van der Waals surface area contributed by atoms with Gasteiger partial charge < -0.3 is 5.32 Å². The van der Waals surface area contributed by atoms with Gasteiger partial charge in [0, 0.05) is 23.9 Å². The van der Waals surface area contributed by atoms with Crippen LogP contribution in [-0.4, -0.2) is 18.1 Å². The smallest absolute Gasteiger partial charge is 0.0422 e. The van der Waals surface area contributed by atoms with Gasteiger partial charge in [-0.05, 0) is 32.5 Å². The highest BCUT2D eigenvalue weighted by Gasteiger charge is 2.04. The first kappa shape index (κ1) is 10.2. The first-order valence-corrected chi connectivity index (χ1v) is 4.86. The third kappa shape index (κ3) is 3.15. The molecule has 0 aliphatic carbocycles. The van der Waals surface area contributed by atoms with Gasteiger partial charge in [-0.3, -0.25) is 4.98 Å². The van der Waals surface area contributed by atoms with Gasteiger partial charge in [0.2, 0.25) is 0 Å². The van der Waals surface area contributed by atoms with E-state index >= 15 is 0 Å². The molecule has 0 fully saturated rings. The van der Waals surface area contributed by atoms with Crippen molar-refractivity contribution in [2.24, 2.45) is 0 Å². The Morgan fingerprint density at radius 1 is 1.46 bits per heavy atom. The van der Waals surface area contributed by atoms with Crippen LogP contribution in [-0.2, 0) is 6.42 Å². The standard InChI is InChI=1S/C11H18N2/c1-4-10(12-3)8-11-7-5-6-9(2)13-11/h5-7,10,12H,4,8H2,1-3H3. The zero-order chi connectivity index (χ0) is 9.68. The van der Waals surface area contributed by atoms with Crippen LogP contribution in [0.1, 0.15) is 24.7 Å². The number of likely N-dealkylation sites (N-methyl/N-ethyl adjacent to an activating group) is 1. The van der Waals surface area contributed by atoms with E-state index in [0.717, 1.165) is 18.5 Å². The Labute approximate surface area is 80.4 Å². The molecule has 0 saturated heterocycles. The van der Waals surface area contributed by atoms with E-state index < -0.39 is 0 Å². The van der Waals surface area contributed by atoms with Crippen molar-refractivity contribution >= 4 is 0 Å². The van der Waals surface area contributed by atoms with Crippen molar-refractivity contribution in [2.75, 3.05) is 7.05 Å². The van der Waals surface area contributed by atoms with Crippen molar-refractivity contribution in [3.05, 3.63) is 29.6 Å². The highest BCUT2D eigenvalue weighted by Crippen LogP contribution is 2.03. The summed E-state index contributed by atoms with van der Waals surface area (Å²) >= 11 is 0. The molecule has 0 bridgehead atoms. The van der Waals surface area contributed by atoms with Gasteiger partial charge >= 0.3 is 0 Å². The van der Waals surface area contributed by atoms with E-state index in [1.54, 1.807) is 0 Å². The molecule has 0 saturated carbocycles. The van der Waals surface area contributed by atoms with Crippen molar-refractivity contribution in [3.8, 4) is 0 Å². The Morgan fingerprint density at radius 2 is 2.23 bits per heavy atom. The molecule has 2 nitrogen and oxygen atoms in total. The summed E-state index contributed by atoms with van der Waals surface area (Å²) in [6, 6.07) is 6.74. The molecule has 1 atom stereocenters. The normalized spacial score (nSPS) is 12.8. The van der Waals surface area contributed by atoms with Gasteiger partial charge in [-0.25, -0.2) is 0 Å². The van der Waals surface area contributed by atoms with Gasteiger partial charge in [-0.1, -0.05) is 13.0 Å². The molecule has 1 heterocycles.